The Labute approximate surface area is 94.4 Å². The van der Waals surface area contributed by atoms with Crippen LogP contribution in [0, 0.1) is 0 Å². The molecule has 6 nitrogen and oxygen atoms in total. The van der Waals surface area contributed by atoms with E-state index in [2.05, 4.69) is 9.59 Å². The first-order valence-corrected chi connectivity index (χ1v) is 7.14. The predicted molar refractivity (Wildman–Crippen MR) is 55.4 cm³/mol. The highest BCUT2D eigenvalue weighted by Gasteiger charge is 2.38. The second-order valence-corrected chi connectivity index (χ2v) is 6.73. The molecule has 1 aromatic rings. The Balaban J connectivity index is 2.23. The number of halogens is 1. The van der Waals surface area contributed by atoms with E-state index in [4.69, 9.17) is 10.7 Å². The van der Waals surface area contributed by atoms with Gasteiger partial charge in [-0.2, -0.15) is 0 Å². The quantitative estimate of drug-likeness (QED) is 0.716. The molecule has 0 aliphatic carbocycles. The monoisotopic (exact) mass is 267 g/mol. The van der Waals surface area contributed by atoms with Crippen molar-refractivity contribution in [3.8, 4) is 0 Å². The van der Waals surface area contributed by atoms with Gasteiger partial charge in [0.15, 0.2) is 0 Å². The summed E-state index contributed by atoms with van der Waals surface area (Å²) in [6, 6.07) is 0. The third-order valence-corrected chi connectivity index (χ3v) is 4.66. The molecule has 2 rings (SSSR count). The van der Waals surface area contributed by atoms with Crippen molar-refractivity contribution >= 4 is 42.2 Å². The average molecular weight is 268 g/mol. The van der Waals surface area contributed by atoms with Gasteiger partial charge in [-0.25, -0.2) is 8.42 Å². The number of carbonyl (C=O) groups is 1. The molecule has 15 heavy (non-hydrogen) atoms. The van der Waals surface area contributed by atoms with Crippen molar-refractivity contribution < 1.29 is 13.2 Å². The van der Waals surface area contributed by atoms with E-state index >= 15 is 0 Å². The molecule has 1 saturated heterocycles. The van der Waals surface area contributed by atoms with Crippen LogP contribution in [0.2, 0.25) is 0 Å². The van der Waals surface area contributed by atoms with E-state index in [-0.39, 0.29) is 18.9 Å². The third-order valence-electron chi connectivity index (χ3n) is 2.10. The van der Waals surface area contributed by atoms with Gasteiger partial charge in [-0.15, -0.1) is 5.10 Å². The molecule has 1 aliphatic heterocycles. The molecule has 0 bridgehead atoms. The number of rotatable bonds is 2. The zero-order valence-corrected chi connectivity index (χ0v) is 9.72. The van der Waals surface area contributed by atoms with Crippen LogP contribution in [0.25, 0.3) is 0 Å². The summed E-state index contributed by atoms with van der Waals surface area (Å²) in [5, 5.41) is 3.29. The van der Waals surface area contributed by atoms with Crippen LogP contribution in [0.15, 0.2) is 6.20 Å². The molecule has 9 heteroatoms. The Kier molecular flexibility index (Phi) is 2.65. The van der Waals surface area contributed by atoms with Gasteiger partial charge in [-0.1, -0.05) is 4.49 Å². The fourth-order valence-electron chi connectivity index (χ4n) is 1.36. The molecule has 2 heterocycles. The number of hydrogen-bond acceptors (Lipinski definition) is 6. The van der Waals surface area contributed by atoms with Gasteiger partial charge in [-0.3, -0.25) is 9.69 Å². The van der Waals surface area contributed by atoms with E-state index in [1.54, 1.807) is 0 Å². The van der Waals surface area contributed by atoms with E-state index in [9.17, 15) is 13.2 Å². The Bertz CT molecular complexity index is 472. The van der Waals surface area contributed by atoms with Crippen molar-refractivity contribution in [2.75, 3.05) is 11.4 Å². The molecule has 1 aliphatic rings. The first kappa shape index (κ1) is 10.8. The molecule has 0 aromatic carbocycles. The molecule has 1 unspecified atom stereocenters. The summed E-state index contributed by atoms with van der Waals surface area (Å²) in [6.07, 6.45) is 1.34. The van der Waals surface area contributed by atoms with Crippen molar-refractivity contribution in [2.45, 2.75) is 11.7 Å². The van der Waals surface area contributed by atoms with Gasteiger partial charge >= 0.3 is 0 Å². The van der Waals surface area contributed by atoms with Crippen molar-refractivity contribution in [3.05, 3.63) is 6.20 Å². The lowest BCUT2D eigenvalue weighted by Gasteiger charge is -2.11. The summed E-state index contributed by atoms with van der Waals surface area (Å²) in [5.74, 6) is -0.268. The van der Waals surface area contributed by atoms with Crippen LogP contribution in [-0.2, 0) is 13.8 Å². The largest absolute Gasteiger partial charge is 0.300 e. The number of carbonyl (C=O) groups excluding carboxylic acids is 1. The zero-order chi connectivity index (χ0) is 11.1. The van der Waals surface area contributed by atoms with Crippen LogP contribution >= 0.6 is 22.2 Å². The normalized spacial score (nSPS) is 22.3. The summed E-state index contributed by atoms with van der Waals surface area (Å²) < 4.78 is 25.7. The summed E-state index contributed by atoms with van der Waals surface area (Å²) >= 11 is 1.04. The fourth-order valence-corrected chi connectivity index (χ4v) is 2.93. The first-order valence-electron chi connectivity index (χ1n) is 3.99. The summed E-state index contributed by atoms with van der Waals surface area (Å²) in [4.78, 5) is 12.8. The van der Waals surface area contributed by atoms with Crippen molar-refractivity contribution in [1.82, 2.24) is 9.59 Å². The summed E-state index contributed by atoms with van der Waals surface area (Å²) in [6.45, 7) is 0.0779. The zero-order valence-electron chi connectivity index (χ0n) is 7.33. The molecule has 0 spiro atoms. The van der Waals surface area contributed by atoms with Crippen LogP contribution in [0.1, 0.15) is 6.42 Å². The second kappa shape index (κ2) is 3.69. The van der Waals surface area contributed by atoms with Gasteiger partial charge in [-0.05, 0) is 0 Å². The minimum Gasteiger partial charge on any atom is -0.300 e. The highest BCUT2D eigenvalue weighted by Crippen LogP contribution is 2.27. The van der Waals surface area contributed by atoms with Crippen molar-refractivity contribution in [1.29, 1.82) is 0 Å². The highest BCUT2D eigenvalue weighted by atomic mass is 35.7. The molecule has 1 amide bonds. The van der Waals surface area contributed by atoms with Crippen molar-refractivity contribution in [2.24, 2.45) is 0 Å². The first-order chi connectivity index (χ1) is 6.98. The second-order valence-electron chi connectivity index (χ2n) is 3.06. The number of amides is 1. The van der Waals surface area contributed by atoms with E-state index in [1.807, 2.05) is 0 Å². The van der Waals surface area contributed by atoms with Gasteiger partial charge in [0.1, 0.15) is 10.3 Å². The molecule has 82 valence electrons. The SMILES string of the molecule is O=C1CC(S(=O)(=O)Cl)CN1c1cnns1. The van der Waals surface area contributed by atoms with Crippen LogP contribution in [0.3, 0.4) is 0 Å². The van der Waals surface area contributed by atoms with E-state index in [0.717, 1.165) is 11.5 Å². The number of hydrogen-bond donors (Lipinski definition) is 0. The summed E-state index contributed by atoms with van der Waals surface area (Å²) in [5.41, 5.74) is 0. The van der Waals surface area contributed by atoms with E-state index in [1.165, 1.54) is 11.1 Å². The fraction of sp³-hybridized carbons (Fsp3) is 0.500. The number of anilines is 1. The highest BCUT2D eigenvalue weighted by molar-refractivity contribution is 8.14. The number of nitrogens with zero attached hydrogens (tertiary/aromatic N) is 3. The minimum absolute atomic E-state index is 0.0779. The summed E-state index contributed by atoms with van der Waals surface area (Å²) in [7, 11) is 1.51. The number of aromatic nitrogens is 2. The average Bonchev–Trinajstić information content (AvgIpc) is 2.69. The molecular weight excluding hydrogens is 262 g/mol. The molecule has 0 N–H and O–H groups in total. The van der Waals surface area contributed by atoms with Gasteiger partial charge in [0.05, 0.1) is 6.20 Å². The topological polar surface area (TPSA) is 80.2 Å². The van der Waals surface area contributed by atoms with Crippen LogP contribution in [0.4, 0.5) is 5.00 Å². The molecule has 0 radical (unpaired) electrons. The Morgan fingerprint density at radius 3 is 2.80 bits per heavy atom. The predicted octanol–water partition coefficient (Wildman–Crippen LogP) is 0.212. The lowest BCUT2D eigenvalue weighted by atomic mass is 10.4. The Morgan fingerprint density at radius 2 is 2.33 bits per heavy atom. The van der Waals surface area contributed by atoms with Gasteiger partial charge < -0.3 is 0 Å². The molecule has 0 saturated carbocycles. The Hall–Kier alpha value is -0.730. The van der Waals surface area contributed by atoms with Crippen LogP contribution in [0.5, 0.6) is 0 Å². The third kappa shape index (κ3) is 2.11. The van der Waals surface area contributed by atoms with Gasteiger partial charge in [0.25, 0.3) is 0 Å². The molecule has 1 aromatic heterocycles. The van der Waals surface area contributed by atoms with Gasteiger partial charge in [0.2, 0.25) is 15.0 Å². The minimum atomic E-state index is -3.69. The van der Waals surface area contributed by atoms with Crippen LogP contribution in [-0.4, -0.2) is 35.7 Å². The maximum atomic E-state index is 11.5. The smallest absolute Gasteiger partial charge is 0.237 e. The maximum absolute atomic E-state index is 11.5. The van der Waals surface area contributed by atoms with Crippen molar-refractivity contribution in [3.63, 3.8) is 0 Å². The standard InChI is InChI=1S/C6H6ClN3O3S2/c7-15(12,13)4-1-5(11)10(3-4)6-2-8-9-14-6/h2,4H,1,3H2. The molecule has 1 fully saturated rings. The molecule has 1 atom stereocenters. The lowest BCUT2D eigenvalue weighted by Crippen LogP contribution is -2.25. The van der Waals surface area contributed by atoms with Gasteiger partial charge in [0, 0.05) is 35.2 Å². The molecular formula is C6H6ClN3O3S2. The maximum Gasteiger partial charge on any atom is 0.237 e. The van der Waals surface area contributed by atoms with E-state index < -0.39 is 14.3 Å². The Morgan fingerprint density at radius 1 is 1.60 bits per heavy atom. The lowest BCUT2D eigenvalue weighted by molar-refractivity contribution is -0.117. The van der Waals surface area contributed by atoms with E-state index in [0.29, 0.717) is 5.00 Å². The van der Waals surface area contributed by atoms with Crippen LogP contribution < -0.4 is 4.90 Å².